The number of rotatable bonds is 0. The van der Waals surface area contributed by atoms with Gasteiger partial charge < -0.3 is 0 Å². The number of hydrogen-bond donors (Lipinski definition) is 0. The molecule has 0 N–H and O–H groups in total. The van der Waals surface area contributed by atoms with E-state index < -0.39 is 0 Å². The second-order valence-electron chi connectivity index (χ2n) is 0. The summed E-state index contributed by atoms with van der Waals surface area (Å²) in [4.78, 5) is 0. The molecule has 0 aliphatic heterocycles. The second-order valence-corrected chi connectivity index (χ2v) is 0. The molecule has 0 fully saturated rings. The van der Waals surface area contributed by atoms with Gasteiger partial charge in [0.25, 0.3) is 0 Å². The van der Waals surface area contributed by atoms with Crippen LogP contribution in [0.1, 0.15) is 0 Å². The summed E-state index contributed by atoms with van der Waals surface area (Å²) in [5.74, 6) is 0. The van der Waals surface area contributed by atoms with Crippen molar-refractivity contribution in [1.82, 2.24) is 0 Å². The molecular formula is BCoFeTb. The van der Waals surface area contributed by atoms with Crippen LogP contribution >= 0.6 is 0 Å². The van der Waals surface area contributed by atoms with E-state index in [1.165, 1.54) is 0 Å². The van der Waals surface area contributed by atoms with Gasteiger partial charge in [-0.2, -0.15) is 0 Å². The summed E-state index contributed by atoms with van der Waals surface area (Å²) in [6.45, 7) is 0. The Kier molecular flexibility index (Phi) is 149. The smallest absolute Gasteiger partial charge is 0 e. The second kappa shape index (κ2) is 18.2. The van der Waals surface area contributed by atoms with Gasteiger partial charge in [-0.1, -0.05) is 0 Å². The zero-order chi connectivity index (χ0) is 0. The molecule has 0 saturated carbocycles. The molecule has 0 nitrogen and oxygen atoms in total. The van der Waals surface area contributed by atoms with E-state index in [0.717, 1.165) is 0 Å². The van der Waals surface area contributed by atoms with Crippen molar-refractivity contribution in [3.63, 3.8) is 0 Å². The van der Waals surface area contributed by atoms with Crippen LogP contribution in [0.25, 0.3) is 0 Å². The molecule has 0 unspecified atom stereocenters. The van der Waals surface area contributed by atoms with E-state index in [1.54, 1.807) is 0 Å². The summed E-state index contributed by atoms with van der Waals surface area (Å²) in [6, 6.07) is 0. The summed E-state index contributed by atoms with van der Waals surface area (Å²) in [5, 5.41) is 0. The number of hydrogen-bond acceptors (Lipinski definition) is 0. The van der Waals surface area contributed by atoms with E-state index in [-0.39, 0.29) is 80.9 Å². The molecule has 0 aliphatic rings. The van der Waals surface area contributed by atoms with Crippen molar-refractivity contribution in [1.29, 1.82) is 0 Å². The maximum atomic E-state index is 0. The maximum absolute atomic E-state index is 0. The average molecular weight is 285 g/mol. The molecule has 0 spiro atoms. The molecule has 29 valence electrons. The summed E-state index contributed by atoms with van der Waals surface area (Å²) < 4.78 is 0. The van der Waals surface area contributed by atoms with Crippen molar-refractivity contribution < 1.29 is 72.5 Å². The van der Waals surface area contributed by atoms with Gasteiger partial charge in [0.05, 0.1) is 0 Å². The fourth-order valence-corrected chi connectivity index (χ4v) is 0. The Labute approximate surface area is 79.5 Å². The Balaban J connectivity index is 0. The first-order valence-electron chi connectivity index (χ1n) is 0. The van der Waals surface area contributed by atoms with Gasteiger partial charge in [0.2, 0.25) is 0 Å². The van der Waals surface area contributed by atoms with Crippen molar-refractivity contribution in [3.05, 3.63) is 0 Å². The fourth-order valence-electron chi connectivity index (χ4n) is 0. The van der Waals surface area contributed by atoms with Crippen LogP contribution in [0.2, 0.25) is 0 Å². The molecular weight excluding hydrogens is 285 g/mol. The largest absolute Gasteiger partial charge is 0 e. The molecule has 4 heavy (non-hydrogen) atoms. The van der Waals surface area contributed by atoms with Crippen molar-refractivity contribution >= 4 is 8.41 Å². The minimum Gasteiger partial charge on any atom is 0 e. The summed E-state index contributed by atoms with van der Waals surface area (Å²) in [6.07, 6.45) is 0. The molecule has 0 rings (SSSR count). The Morgan fingerprint density at radius 2 is 1.00 bits per heavy atom. The molecule has 0 atom stereocenters. The average Bonchev–Trinajstić information content (AvgIpc) is 0. The zero-order valence-electron chi connectivity index (χ0n) is 1.60. The SMILES string of the molecule is [B].[Co].[Fe].[Tb]. The van der Waals surface area contributed by atoms with Gasteiger partial charge >= 0.3 is 0 Å². The van der Waals surface area contributed by atoms with Crippen molar-refractivity contribution in [3.8, 4) is 0 Å². The summed E-state index contributed by atoms with van der Waals surface area (Å²) >= 11 is 0. The van der Waals surface area contributed by atoms with Crippen molar-refractivity contribution in [2.45, 2.75) is 0 Å². The van der Waals surface area contributed by atoms with Crippen molar-refractivity contribution in [2.75, 3.05) is 0 Å². The van der Waals surface area contributed by atoms with Gasteiger partial charge in [-0.25, -0.2) is 0 Å². The van der Waals surface area contributed by atoms with E-state index in [9.17, 15) is 0 Å². The molecule has 0 saturated heterocycles. The van der Waals surface area contributed by atoms with E-state index >= 15 is 0 Å². The first-order chi connectivity index (χ1) is 0. The van der Waals surface area contributed by atoms with E-state index in [4.69, 9.17) is 0 Å². The Morgan fingerprint density at radius 1 is 1.00 bits per heavy atom. The minimum atomic E-state index is 0. The van der Waals surface area contributed by atoms with Gasteiger partial charge in [0.1, 0.15) is 0 Å². The maximum Gasteiger partial charge on any atom is 0 e. The van der Waals surface area contributed by atoms with Crippen molar-refractivity contribution in [2.24, 2.45) is 0 Å². The minimum absolute atomic E-state index is 0. The Hall–Kier alpha value is 2.38. The fraction of sp³-hybridized carbons (Fsp3) is 0. The van der Waals surface area contributed by atoms with E-state index in [0.29, 0.717) is 0 Å². The zero-order valence-corrected chi connectivity index (χ0v) is 5.88. The Morgan fingerprint density at radius 3 is 1.00 bits per heavy atom. The van der Waals surface area contributed by atoms with Crippen LogP contribution in [0.5, 0.6) is 0 Å². The monoisotopic (exact) mass is 285 g/mol. The van der Waals surface area contributed by atoms with Crippen LogP contribution in [0, 0.1) is 38.6 Å². The molecule has 0 aromatic carbocycles. The standard InChI is InChI=1S/B.Co.Fe.Tb. The molecule has 0 aromatic rings. The van der Waals surface area contributed by atoms with Crippen LogP contribution < -0.4 is 0 Å². The topological polar surface area (TPSA) is 0 Å². The molecule has 0 aliphatic carbocycles. The first-order valence-corrected chi connectivity index (χ1v) is 0. The third-order valence-electron chi connectivity index (χ3n) is 0. The van der Waals surface area contributed by atoms with Crippen LogP contribution in [-0.4, -0.2) is 8.41 Å². The van der Waals surface area contributed by atoms with Crippen LogP contribution in [0.15, 0.2) is 0 Å². The van der Waals surface area contributed by atoms with Crippen LogP contribution in [0.4, 0.5) is 0 Å². The molecule has 5 radical (unpaired) electrons. The molecule has 0 aromatic heterocycles. The molecule has 0 heterocycles. The van der Waals surface area contributed by atoms with Crippen LogP contribution in [-0.2, 0) is 33.8 Å². The Bertz CT molecular complexity index is 8.00. The van der Waals surface area contributed by atoms with Gasteiger partial charge in [0.15, 0.2) is 0 Å². The van der Waals surface area contributed by atoms with Gasteiger partial charge in [-0.05, 0) is 0 Å². The molecule has 0 amide bonds. The van der Waals surface area contributed by atoms with Gasteiger partial charge in [-0.15, -0.1) is 0 Å². The third kappa shape index (κ3) is 8.83. The predicted molar refractivity (Wildman–Crippen MR) is 5.75 cm³/mol. The van der Waals surface area contributed by atoms with E-state index in [2.05, 4.69) is 0 Å². The predicted octanol–water partition coefficient (Wildman–Crippen LogP) is -0.386. The molecule has 0 bridgehead atoms. The third-order valence-corrected chi connectivity index (χ3v) is 0. The molecule has 4 heteroatoms. The summed E-state index contributed by atoms with van der Waals surface area (Å²) in [5.41, 5.74) is 0. The van der Waals surface area contributed by atoms with Gasteiger partial charge in [-0.3, -0.25) is 0 Å². The quantitative estimate of drug-likeness (QED) is 0.532. The normalized spacial score (nSPS) is 0. The first kappa shape index (κ1) is 32.6. The van der Waals surface area contributed by atoms with Crippen LogP contribution in [0.3, 0.4) is 0 Å². The van der Waals surface area contributed by atoms with Gasteiger partial charge in [0, 0.05) is 80.9 Å². The van der Waals surface area contributed by atoms with E-state index in [1.807, 2.05) is 0 Å². The summed E-state index contributed by atoms with van der Waals surface area (Å²) in [7, 11) is 0.